The Bertz CT molecular complexity index is 868. The van der Waals surface area contributed by atoms with Gasteiger partial charge >= 0.3 is 0 Å². The van der Waals surface area contributed by atoms with Crippen LogP contribution in [0.25, 0.3) is 21.8 Å². The van der Waals surface area contributed by atoms with Crippen molar-refractivity contribution < 1.29 is 9.59 Å². The van der Waals surface area contributed by atoms with Crippen LogP contribution in [0, 0.1) is 0 Å². The Morgan fingerprint density at radius 3 is 1.76 bits per heavy atom. The molecule has 0 unspecified atom stereocenters. The molecule has 0 bridgehead atoms. The highest BCUT2D eigenvalue weighted by molar-refractivity contribution is 6.09. The summed E-state index contributed by atoms with van der Waals surface area (Å²) in [5, 5.41) is 1.93. The molecule has 0 saturated carbocycles. The number of carbonyl (C=O) groups excluding carboxylic acids is 2. The summed E-state index contributed by atoms with van der Waals surface area (Å²) >= 11 is 0. The second-order valence-electron chi connectivity index (χ2n) is 4.55. The topological polar surface area (TPSA) is 63.8 Å². The molecule has 102 valence electrons. The van der Waals surface area contributed by atoms with E-state index in [1.807, 2.05) is 24.3 Å². The van der Waals surface area contributed by atoms with Crippen LogP contribution in [0.5, 0.6) is 0 Å². The molecule has 0 aliphatic heterocycles. The Morgan fingerprint density at radius 1 is 0.905 bits per heavy atom. The molecule has 1 heterocycles. The Labute approximate surface area is 120 Å². The summed E-state index contributed by atoms with van der Waals surface area (Å²) in [6.45, 7) is 2.88. The fourth-order valence-corrected chi connectivity index (χ4v) is 2.67. The smallest absolute Gasteiger partial charge is 0.240 e. The van der Waals surface area contributed by atoms with Gasteiger partial charge in [0, 0.05) is 28.4 Å². The minimum Gasteiger partial charge on any atom is -0.341 e. The summed E-state index contributed by atoms with van der Waals surface area (Å²) in [6.07, 6.45) is 3.10. The number of aromatic nitrogens is 1. The molecule has 0 N–H and O–H groups in total. The van der Waals surface area contributed by atoms with Gasteiger partial charge < -0.3 is 4.57 Å². The fourth-order valence-electron chi connectivity index (χ4n) is 2.67. The minimum atomic E-state index is 0.553. The van der Waals surface area contributed by atoms with E-state index in [4.69, 9.17) is 0 Å². The van der Waals surface area contributed by atoms with Crippen LogP contribution in [-0.2, 0) is 16.1 Å². The maximum atomic E-state index is 10.4. The number of rotatable bonds is 3. The third-order valence-corrected chi connectivity index (χ3v) is 3.50. The van der Waals surface area contributed by atoms with Crippen molar-refractivity contribution in [2.75, 3.05) is 0 Å². The van der Waals surface area contributed by atoms with Gasteiger partial charge in [-0.05, 0) is 43.3 Å². The maximum absolute atomic E-state index is 10.4. The van der Waals surface area contributed by atoms with Gasteiger partial charge in [0.15, 0.2) is 0 Å². The molecule has 21 heavy (non-hydrogen) atoms. The molecule has 0 atom stereocenters. The van der Waals surface area contributed by atoms with Crippen LogP contribution in [0.3, 0.4) is 0 Å². The number of aliphatic imine (C=N–C) groups is 2. The second kappa shape index (κ2) is 5.17. The van der Waals surface area contributed by atoms with Gasteiger partial charge in [0.25, 0.3) is 0 Å². The van der Waals surface area contributed by atoms with E-state index in [2.05, 4.69) is 21.5 Å². The summed E-state index contributed by atoms with van der Waals surface area (Å²) in [6, 6.07) is 11.1. The first-order valence-corrected chi connectivity index (χ1v) is 6.50. The van der Waals surface area contributed by atoms with Crippen LogP contribution < -0.4 is 0 Å². The Kier molecular flexibility index (Phi) is 3.20. The lowest BCUT2D eigenvalue weighted by molar-refractivity contribution is 0.564. The largest absolute Gasteiger partial charge is 0.341 e. The van der Waals surface area contributed by atoms with E-state index < -0.39 is 0 Å². The van der Waals surface area contributed by atoms with Gasteiger partial charge in [-0.1, -0.05) is 0 Å². The molecule has 0 saturated heterocycles. The molecule has 5 heteroatoms. The van der Waals surface area contributed by atoms with Crippen molar-refractivity contribution in [1.29, 1.82) is 0 Å². The van der Waals surface area contributed by atoms with Crippen LogP contribution in [0.2, 0.25) is 0 Å². The van der Waals surface area contributed by atoms with Gasteiger partial charge in [-0.15, -0.1) is 0 Å². The zero-order chi connectivity index (χ0) is 14.8. The molecule has 0 radical (unpaired) electrons. The molecule has 2 aromatic carbocycles. The van der Waals surface area contributed by atoms with E-state index in [1.165, 1.54) is 0 Å². The molecule has 1 aromatic heterocycles. The quantitative estimate of drug-likeness (QED) is 0.540. The maximum Gasteiger partial charge on any atom is 0.240 e. The minimum absolute atomic E-state index is 0.553. The monoisotopic (exact) mass is 277 g/mol. The average molecular weight is 277 g/mol. The summed E-state index contributed by atoms with van der Waals surface area (Å²) in [4.78, 5) is 28.2. The van der Waals surface area contributed by atoms with Gasteiger partial charge in [-0.25, -0.2) is 9.59 Å². The molecule has 0 aliphatic rings. The van der Waals surface area contributed by atoms with Gasteiger partial charge in [0.2, 0.25) is 12.2 Å². The van der Waals surface area contributed by atoms with E-state index in [9.17, 15) is 9.59 Å². The summed E-state index contributed by atoms with van der Waals surface area (Å²) in [5.74, 6) is 0. The number of isocyanates is 2. The van der Waals surface area contributed by atoms with Crippen LogP contribution >= 0.6 is 0 Å². The fraction of sp³-hybridized carbons (Fsp3) is 0.125. The lowest BCUT2D eigenvalue weighted by Gasteiger charge is -2.02. The first kappa shape index (κ1) is 13.0. The average Bonchev–Trinajstić information content (AvgIpc) is 2.81. The normalized spacial score (nSPS) is 10.3. The van der Waals surface area contributed by atoms with Crippen molar-refractivity contribution in [3.05, 3.63) is 36.4 Å². The summed E-state index contributed by atoms with van der Waals surface area (Å²) in [7, 11) is 0. The number of hydrogen-bond acceptors (Lipinski definition) is 4. The third-order valence-electron chi connectivity index (χ3n) is 3.50. The predicted molar refractivity (Wildman–Crippen MR) is 80.7 cm³/mol. The number of aryl methyl sites for hydroxylation is 1. The highest BCUT2D eigenvalue weighted by atomic mass is 16.1. The Balaban J connectivity index is 2.44. The Hall–Kier alpha value is -3.00. The number of benzene rings is 2. The molecule has 3 aromatic rings. The molecule has 5 nitrogen and oxygen atoms in total. The molecule has 0 aliphatic carbocycles. The molecule has 0 amide bonds. The molecule has 0 spiro atoms. The third kappa shape index (κ3) is 2.07. The highest BCUT2D eigenvalue weighted by Crippen LogP contribution is 2.33. The molecular weight excluding hydrogens is 266 g/mol. The predicted octanol–water partition coefficient (Wildman–Crippen LogP) is 3.75. The highest BCUT2D eigenvalue weighted by Gasteiger charge is 2.10. The first-order chi connectivity index (χ1) is 10.3. The Morgan fingerprint density at radius 2 is 1.38 bits per heavy atom. The van der Waals surface area contributed by atoms with E-state index in [0.717, 1.165) is 28.4 Å². The van der Waals surface area contributed by atoms with Crippen molar-refractivity contribution in [1.82, 2.24) is 4.57 Å². The first-order valence-electron chi connectivity index (χ1n) is 6.50. The summed E-state index contributed by atoms with van der Waals surface area (Å²) < 4.78 is 2.16. The SMILES string of the molecule is CCn1c2ccc(N=C=O)cc2c2cc(N=C=O)ccc21. The number of nitrogens with zero attached hydrogens (tertiary/aromatic N) is 3. The van der Waals surface area contributed by atoms with Gasteiger partial charge in [-0.3, -0.25) is 0 Å². The van der Waals surface area contributed by atoms with Gasteiger partial charge in [0.05, 0.1) is 11.4 Å². The van der Waals surface area contributed by atoms with Crippen LogP contribution in [-0.4, -0.2) is 16.7 Å². The van der Waals surface area contributed by atoms with E-state index >= 15 is 0 Å². The molecular formula is C16H11N3O2. The van der Waals surface area contributed by atoms with Crippen LogP contribution in [0.15, 0.2) is 46.4 Å². The van der Waals surface area contributed by atoms with E-state index in [0.29, 0.717) is 11.4 Å². The zero-order valence-corrected chi connectivity index (χ0v) is 11.3. The zero-order valence-electron chi connectivity index (χ0n) is 11.3. The van der Waals surface area contributed by atoms with E-state index in [-0.39, 0.29) is 0 Å². The second-order valence-corrected chi connectivity index (χ2v) is 4.55. The van der Waals surface area contributed by atoms with Crippen molar-refractivity contribution in [3.63, 3.8) is 0 Å². The molecule has 3 rings (SSSR count). The summed E-state index contributed by atoms with van der Waals surface area (Å²) in [5.41, 5.74) is 3.20. The number of fused-ring (bicyclic) bond motifs is 3. The number of hydrogen-bond donors (Lipinski definition) is 0. The van der Waals surface area contributed by atoms with Gasteiger partial charge in [-0.2, -0.15) is 9.98 Å². The van der Waals surface area contributed by atoms with Crippen molar-refractivity contribution >= 4 is 45.3 Å². The lowest BCUT2D eigenvalue weighted by Crippen LogP contribution is -1.92. The lowest BCUT2D eigenvalue weighted by atomic mass is 10.1. The molecule has 0 fully saturated rings. The van der Waals surface area contributed by atoms with Crippen molar-refractivity contribution in [2.45, 2.75) is 13.5 Å². The van der Waals surface area contributed by atoms with E-state index in [1.54, 1.807) is 24.3 Å². The van der Waals surface area contributed by atoms with Crippen LogP contribution in [0.1, 0.15) is 6.92 Å². The van der Waals surface area contributed by atoms with Crippen molar-refractivity contribution in [3.8, 4) is 0 Å². The van der Waals surface area contributed by atoms with Crippen molar-refractivity contribution in [2.24, 2.45) is 9.98 Å². The van der Waals surface area contributed by atoms with Crippen LogP contribution in [0.4, 0.5) is 11.4 Å². The standard InChI is InChI=1S/C16H11N3O2/c1-2-19-15-5-3-11(17-9-20)7-13(15)14-8-12(18-10-21)4-6-16(14)19/h3-8H,2H2,1H3. The van der Waals surface area contributed by atoms with Gasteiger partial charge in [0.1, 0.15) is 0 Å².